The van der Waals surface area contributed by atoms with Crippen LogP contribution in [0, 0.1) is 0 Å². The predicted octanol–water partition coefficient (Wildman–Crippen LogP) is 31.5. The van der Waals surface area contributed by atoms with Gasteiger partial charge in [-0.2, -0.15) is 0 Å². The molecule has 10 rings (SSSR count). The third kappa shape index (κ3) is 27.8. The molecule has 11 nitrogen and oxygen atoms in total. The maximum atomic E-state index is 15.9. The number of nitrogens with one attached hydrogen (secondary N) is 3. The molecule has 0 atom stereocenters. The second-order valence-corrected chi connectivity index (χ2v) is 34.1. The van der Waals surface area contributed by atoms with Crippen molar-refractivity contribution in [2.45, 2.75) is 363 Å². The number of hydrogen-bond donors (Lipinski definition) is 3. The minimum Gasteiger partial charge on any atom is -0.457 e. The van der Waals surface area contributed by atoms with Gasteiger partial charge in [-0.05, 0) is 159 Å². The lowest BCUT2D eigenvalue weighted by Gasteiger charge is -2.27. The van der Waals surface area contributed by atoms with E-state index < -0.39 is 11.8 Å². The Morgan fingerprint density at radius 1 is 0.248 bits per heavy atom. The number of fused-ring (bicyclic) bond motifs is 2. The first-order valence-corrected chi connectivity index (χ1v) is 47.4. The van der Waals surface area contributed by atoms with Gasteiger partial charge in [0.25, 0.3) is 23.6 Å². The monoisotopic (exact) mass is 1590 g/mol. The van der Waals surface area contributed by atoms with Crippen molar-refractivity contribution in [2.75, 3.05) is 13.1 Å². The van der Waals surface area contributed by atoms with Crippen molar-refractivity contribution in [3.63, 3.8) is 0 Å². The lowest BCUT2D eigenvalue weighted by atomic mass is 9.81. The number of unbranched alkanes of at least 4 members (excludes halogenated alkanes) is 40. The predicted molar refractivity (Wildman–Crippen MR) is 491 cm³/mol. The molecule has 0 unspecified atom stereocenters. The molecule has 1 heterocycles. The first-order chi connectivity index (χ1) is 57.5. The van der Waals surface area contributed by atoms with Crippen LogP contribution in [-0.2, 0) is 25.7 Å². The Morgan fingerprint density at radius 2 is 0.462 bits per heavy atom. The molecular formula is C106H145N3O8. The van der Waals surface area contributed by atoms with Crippen LogP contribution in [0.1, 0.15) is 401 Å². The maximum Gasteiger partial charge on any atom is 0.258 e. The SMILES string of the molecule is CCCCCCCCCCCCc1ccc(Oc2cc(C(=O)NCCCCC)c3c(C(=O)NCCCCC)cc(Oc4ccc(CCCCCCCCCCCC)cc4)c4c5c(Oc6ccc(CCCCCCCCCCCC)cc6)cc6c7c(cc(Oc8ccc(CCCCCCCCCCCC)cc8)c(c2c34)c75)C(=O)NC6=O)cc1. The number of imide groups is 1. The van der Waals surface area contributed by atoms with Crippen molar-refractivity contribution in [1.82, 2.24) is 16.0 Å². The van der Waals surface area contributed by atoms with Gasteiger partial charge in [-0.1, -0.05) is 347 Å². The van der Waals surface area contributed by atoms with Crippen LogP contribution in [0.25, 0.3) is 43.1 Å². The number of carbonyl (C=O) groups excluding carboxylic acids is 4. The standard InChI is InChI=1S/C106H145N3O8/c1-7-13-19-23-27-31-35-39-43-47-53-79-57-65-83(66-58-79)114-91-75-87(103(110)107-73-51-17-11-5)95-88(104(111)108-74-52-18-12-6)76-92(115-84-67-59-80(60-68-84)54-48-44-40-36-32-28-24-20-14-8-2)98-100-94(117-86-71-63-82(64-72-86)56-50-46-42-38-34-30-26-22-16-10-4)78-90-96-89(105(112)109-106(90)113)77-93(99(102(96)100)97(91)101(95)98)116-85-69-61-81(62-70-85)55-49-45-41-37-33-29-25-21-15-9-3/h57-72,75-78H,7-56,73-74H2,1-6H3,(H,107,110)(H,108,111)(H,109,112,113). The molecule has 0 saturated heterocycles. The highest BCUT2D eigenvalue weighted by Gasteiger charge is 2.37. The quantitative estimate of drug-likeness (QED) is 0.0148. The molecule has 4 amide bonds. The number of rotatable bonds is 62. The fourth-order valence-electron chi connectivity index (χ4n) is 17.5. The smallest absolute Gasteiger partial charge is 0.258 e. The molecule has 0 saturated carbocycles. The molecule has 0 aliphatic carbocycles. The molecule has 11 heteroatoms. The molecule has 632 valence electrons. The van der Waals surface area contributed by atoms with Gasteiger partial charge in [-0.15, -0.1) is 0 Å². The van der Waals surface area contributed by atoms with Gasteiger partial charge in [0.1, 0.15) is 46.0 Å². The summed E-state index contributed by atoms with van der Waals surface area (Å²) in [5.74, 6) is 1.50. The number of amides is 4. The van der Waals surface area contributed by atoms with Gasteiger partial charge in [-0.3, -0.25) is 24.5 Å². The highest BCUT2D eigenvalue weighted by atomic mass is 16.5. The number of ether oxygens (including phenoxy) is 4. The fourth-order valence-corrected chi connectivity index (χ4v) is 17.5. The summed E-state index contributed by atoms with van der Waals surface area (Å²) in [5, 5.41) is 13.1. The molecule has 0 fully saturated rings. The van der Waals surface area contributed by atoms with Gasteiger partial charge >= 0.3 is 0 Å². The van der Waals surface area contributed by atoms with E-state index in [2.05, 4.69) is 106 Å². The fraction of sp³-hybridized carbons (Fsp3) is 0.547. The van der Waals surface area contributed by atoms with Gasteiger partial charge in [0.2, 0.25) is 0 Å². The highest BCUT2D eigenvalue weighted by Crippen LogP contribution is 2.57. The van der Waals surface area contributed by atoms with Crippen LogP contribution in [0.3, 0.4) is 0 Å². The Morgan fingerprint density at radius 3 is 0.709 bits per heavy atom. The number of hydrogen-bond acceptors (Lipinski definition) is 8. The Balaban J connectivity index is 1.16. The number of carbonyl (C=O) groups is 4. The van der Waals surface area contributed by atoms with E-state index in [1.807, 2.05) is 48.5 Å². The van der Waals surface area contributed by atoms with E-state index in [9.17, 15) is 0 Å². The van der Waals surface area contributed by atoms with Gasteiger partial charge in [0.05, 0.1) is 22.3 Å². The average Bonchev–Trinajstić information content (AvgIpc) is 0.677. The van der Waals surface area contributed by atoms with E-state index in [0.29, 0.717) is 102 Å². The molecule has 9 aromatic rings. The van der Waals surface area contributed by atoms with Crippen LogP contribution in [-0.4, -0.2) is 36.7 Å². The molecule has 0 spiro atoms. The Labute approximate surface area is 704 Å². The second-order valence-electron chi connectivity index (χ2n) is 34.1. The second kappa shape index (κ2) is 51.1. The zero-order chi connectivity index (χ0) is 82.0. The minimum absolute atomic E-state index is 0.241. The van der Waals surface area contributed by atoms with Crippen molar-refractivity contribution in [2.24, 2.45) is 0 Å². The summed E-state index contributed by atoms with van der Waals surface area (Å²) in [5.41, 5.74) is 5.79. The highest BCUT2D eigenvalue weighted by molar-refractivity contribution is 6.44. The van der Waals surface area contributed by atoms with Gasteiger partial charge in [0.15, 0.2) is 0 Å². The lowest BCUT2D eigenvalue weighted by molar-refractivity contribution is 0.0842. The van der Waals surface area contributed by atoms with Crippen LogP contribution in [0.2, 0.25) is 0 Å². The van der Waals surface area contributed by atoms with Crippen LogP contribution >= 0.6 is 0 Å². The zero-order valence-corrected chi connectivity index (χ0v) is 73.1. The Bertz CT molecular complexity index is 4170. The van der Waals surface area contributed by atoms with E-state index in [0.717, 1.165) is 89.9 Å². The summed E-state index contributed by atoms with van der Waals surface area (Å²) in [6, 6.07) is 40.3. The van der Waals surface area contributed by atoms with Gasteiger partial charge in [-0.25, -0.2) is 0 Å². The van der Waals surface area contributed by atoms with E-state index in [4.69, 9.17) is 18.9 Å². The third-order valence-electron chi connectivity index (χ3n) is 24.4. The maximum absolute atomic E-state index is 15.9. The number of benzene rings is 9. The van der Waals surface area contributed by atoms with Crippen molar-refractivity contribution in [3.8, 4) is 46.0 Å². The first kappa shape index (κ1) is 90.9. The zero-order valence-electron chi connectivity index (χ0n) is 73.1. The summed E-state index contributed by atoms with van der Waals surface area (Å²) in [6.45, 7) is 14.2. The minimum atomic E-state index is -0.571. The summed E-state index contributed by atoms with van der Waals surface area (Å²) in [7, 11) is 0. The first-order valence-electron chi connectivity index (χ1n) is 47.4. The molecule has 117 heavy (non-hydrogen) atoms. The Kier molecular flexibility index (Phi) is 39.7. The molecule has 0 aromatic heterocycles. The topological polar surface area (TPSA) is 141 Å². The van der Waals surface area contributed by atoms with E-state index in [1.165, 1.54) is 253 Å². The Hall–Kier alpha value is -8.44. The molecule has 1 aliphatic heterocycles. The molecule has 9 aromatic carbocycles. The van der Waals surface area contributed by atoms with Crippen molar-refractivity contribution in [1.29, 1.82) is 0 Å². The molecule has 0 bridgehead atoms. The largest absolute Gasteiger partial charge is 0.457 e. The number of aryl methyl sites for hydroxylation is 4. The van der Waals surface area contributed by atoms with Crippen LogP contribution in [0.5, 0.6) is 46.0 Å². The normalized spacial score (nSPS) is 12.1. The van der Waals surface area contributed by atoms with Crippen molar-refractivity contribution in [3.05, 3.63) is 166 Å². The summed E-state index contributed by atoms with van der Waals surface area (Å²) >= 11 is 0. The van der Waals surface area contributed by atoms with Gasteiger partial charge in [0, 0.05) is 56.2 Å². The summed E-state index contributed by atoms with van der Waals surface area (Å²) in [4.78, 5) is 61.9. The van der Waals surface area contributed by atoms with Crippen LogP contribution in [0.4, 0.5) is 0 Å². The van der Waals surface area contributed by atoms with E-state index in [-0.39, 0.29) is 34.1 Å². The average molecular weight is 1590 g/mol. The molecular weight excluding hydrogens is 1440 g/mol. The molecule has 0 radical (unpaired) electrons. The summed E-state index contributed by atoms with van der Waals surface area (Å²) in [6.07, 6.45) is 59.5. The lowest BCUT2D eigenvalue weighted by Crippen LogP contribution is -2.34. The van der Waals surface area contributed by atoms with Crippen molar-refractivity contribution >= 4 is 66.7 Å². The van der Waals surface area contributed by atoms with Gasteiger partial charge < -0.3 is 29.6 Å². The van der Waals surface area contributed by atoms with E-state index >= 15 is 19.2 Å². The third-order valence-corrected chi connectivity index (χ3v) is 24.4. The van der Waals surface area contributed by atoms with Crippen molar-refractivity contribution < 1.29 is 38.1 Å². The summed E-state index contributed by atoms with van der Waals surface area (Å²) < 4.78 is 29.8. The van der Waals surface area contributed by atoms with Crippen LogP contribution in [0.15, 0.2) is 121 Å². The molecule has 3 N–H and O–H groups in total. The van der Waals surface area contributed by atoms with Crippen LogP contribution < -0.4 is 34.9 Å². The molecule has 1 aliphatic rings. The van der Waals surface area contributed by atoms with E-state index in [1.54, 1.807) is 24.3 Å².